The van der Waals surface area contributed by atoms with E-state index in [9.17, 15) is 18.8 Å². The molecular weight excluding hydrogens is 515 g/mol. The van der Waals surface area contributed by atoms with E-state index in [4.69, 9.17) is 9.15 Å². The summed E-state index contributed by atoms with van der Waals surface area (Å²) in [5, 5.41) is 13.4. The summed E-state index contributed by atoms with van der Waals surface area (Å²) in [7, 11) is 0. The molecule has 2 N–H and O–H groups in total. The van der Waals surface area contributed by atoms with Crippen LogP contribution in [0.1, 0.15) is 71.4 Å². The molecular formula is C30H37FN4O5. The van der Waals surface area contributed by atoms with Crippen molar-refractivity contribution in [3.63, 3.8) is 0 Å². The number of nitrogens with zero attached hydrogens (tertiary/aromatic N) is 2. The normalized spacial score (nSPS) is 13.7. The van der Waals surface area contributed by atoms with Crippen molar-refractivity contribution in [3.8, 4) is 11.5 Å². The number of aromatic nitrogens is 2. The van der Waals surface area contributed by atoms with Gasteiger partial charge in [0.15, 0.2) is 0 Å². The molecule has 0 aliphatic carbocycles. The standard InChI is InChI=1S/C30H37FN4O5/c1-6-7-13-23(26(36)27(37)32-19(2)20-11-9-8-10-12-20)33-29(38)39-24(30(3,4)5)18-25-34-35-28(40-25)21-14-16-22(31)17-15-21/h8-12,14-17,19,23-24H,6-7,13,18H2,1-5H3,(H,32,37)(H,33,38)/t19-,23+,24+/m1/s1. The van der Waals surface area contributed by atoms with Gasteiger partial charge in [0.05, 0.1) is 12.5 Å². The van der Waals surface area contributed by atoms with E-state index >= 15 is 0 Å². The van der Waals surface area contributed by atoms with Gasteiger partial charge in [-0.05, 0) is 48.6 Å². The average Bonchev–Trinajstić information content (AvgIpc) is 3.39. The number of carbonyl (C=O) groups excluding carboxylic acids is 3. The molecule has 3 rings (SSSR count). The molecule has 0 bridgehead atoms. The minimum Gasteiger partial charge on any atom is -0.445 e. The molecule has 10 heteroatoms. The minimum atomic E-state index is -1.04. The Morgan fingerprint density at radius 3 is 2.30 bits per heavy atom. The Labute approximate surface area is 233 Å². The van der Waals surface area contributed by atoms with Crippen LogP contribution >= 0.6 is 0 Å². The highest BCUT2D eigenvalue weighted by Gasteiger charge is 2.33. The highest BCUT2D eigenvalue weighted by atomic mass is 19.1. The summed E-state index contributed by atoms with van der Waals surface area (Å²) in [4.78, 5) is 38.8. The molecule has 0 saturated heterocycles. The average molecular weight is 553 g/mol. The van der Waals surface area contributed by atoms with Gasteiger partial charge in [-0.2, -0.15) is 0 Å². The number of rotatable bonds is 12. The van der Waals surface area contributed by atoms with Crippen molar-refractivity contribution in [2.45, 2.75) is 78.5 Å². The highest BCUT2D eigenvalue weighted by Crippen LogP contribution is 2.27. The van der Waals surface area contributed by atoms with E-state index in [0.717, 1.165) is 12.0 Å². The van der Waals surface area contributed by atoms with Gasteiger partial charge in [-0.1, -0.05) is 70.9 Å². The second kappa shape index (κ2) is 13.8. The molecule has 2 amide bonds. The van der Waals surface area contributed by atoms with E-state index in [1.807, 2.05) is 58.0 Å². The maximum atomic E-state index is 13.2. The third kappa shape index (κ3) is 8.72. The summed E-state index contributed by atoms with van der Waals surface area (Å²) >= 11 is 0. The van der Waals surface area contributed by atoms with E-state index in [0.29, 0.717) is 18.4 Å². The van der Waals surface area contributed by atoms with Crippen molar-refractivity contribution in [2.75, 3.05) is 0 Å². The Morgan fingerprint density at radius 2 is 1.68 bits per heavy atom. The Hall–Kier alpha value is -4.08. The fraction of sp³-hybridized carbons (Fsp3) is 0.433. The van der Waals surface area contributed by atoms with Gasteiger partial charge >= 0.3 is 6.09 Å². The molecule has 0 aliphatic rings. The van der Waals surface area contributed by atoms with Crippen LogP contribution in [0.2, 0.25) is 0 Å². The maximum absolute atomic E-state index is 13.2. The molecule has 2 aromatic carbocycles. The van der Waals surface area contributed by atoms with Crippen LogP contribution in [0.4, 0.5) is 9.18 Å². The number of hydrogen-bond acceptors (Lipinski definition) is 7. The lowest BCUT2D eigenvalue weighted by molar-refractivity contribution is -0.139. The molecule has 0 aliphatic heterocycles. The molecule has 0 unspecified atom stereocenters. The SMILES string of the molecule is CCCC[C@H](NC(=O)O[C@@H](Cc1nnc(-c2ccc(F)cc2)o1)C(C)(C)C)C(=O)C(=O)N[C@H](C)c1ccccc1. The van der Waals surface area contributed by atoms with Crippen LogP contribution in [0.25, 0.3) is 11.5 Å². The molecule has 40 heavy (non-hydrogen) atoms. The first-order valence-electron chi connectivity index (χ1n) is 13.4. The van der Waals surface area contributed by atoms with Gasteiger partial charge in [0.1, 0.15) is 18.0 Å². The molecule has 214 valence electrons. The largest absolute Gasteiger partial charge is 0.445 e. The first-order valence-corrected chi connectivity index (χ1v) is 13.4. The van der Waals surface area contributed by atoms with Crippen LogP contribution in [0, 0.1) is 11.2 Å². The smallest absolute Gasteiger partial charge is 0.408 e. The van der Waals surface area contributed by atoms with Crippen molar-refractivity contribution >= 4 is 17.8 Å². The molecule has 9 nitrogen and oxygen atoms in total. The van der Waals surface area contributed by atoms with Crippen molar-refractivity contribution < 1.29 is 27.9 Å². The Balaban J connectivity index is 1.66. The van der Waals surface area contributed by atoms with E-state index in [-0.39, 0.29) is 30.1 Å². The maximum Gasteiger partial charge on any atom is 0.408 e. The van der Waals surface area contributed by atoms with Gasteiger partial charge in [-0.15, -0.1) is 10.2 Å². The summed E-state index contributed by atoms with van der Waals surface area (Å²) in [6, 6.07) is 13.5. The third-order valence-corrected chi connectivity index (χ3v) is 6.46. The van der Waals surface area contributed by atoms with Crippen LogP contribution < -0.4 is 10.6 Å². The van der Waals surface area contributed by atoms with Crippen molar-refractivity contribution in [2.24, 2.45) is 5.41 Å². The van der Waals surface area contributed by atoms with Crippen LogP contribution in [0.3, 0.4) is 0 Å². The second-order valence-electron chi connectivity index (χ2n) is 10.8. The molecule has 0 fully saturated rings. The fourth-order valence-electron chi connectivity index (χ4n) is 3.96. The zero-order valence-corrected chi connectivity index (χ0v) is 23.6. The highest BCUT2D eigenvalue weighted by molar-refractivity contribution is 6.38. The van der Waals surface area contributed by atoms with Gasteiger partial charge in [0.25, 0.3) is 5.91 Å². The predicted octanol–water partition coefficient (Wildman–Crippen LogP) is 5.56. The quantitative estimate of drug-likeness (QED) is 0.282. The molecule has 0 radical (unpaired) electrons. The lowest BCUT2D eigenvalue weighted by Crippen LogP contribution is -2.49. The van der Waals surface area contributed by atoms with Crippen molar-refractivity contribution in [1.29, 1.82) is 0 Å². The van der Waals surface area contributed by atoms with Gasteiger partial charge in [0.2, 0.25) is 17.6 Å². The number of nitrogens with one attached hydrogen (secondary N) is 2. The molecule has 3 atom stereocenters. The zero-order valence-electron chi connectivity index (χ0n) is 23.6. The van der Waals surface area contributed by atoms with Crippen molar-refractivity contribution in [3.05, 3.63) is 71.9 Å². The Kier molecular flexibility index (Phi) is 10.5. The number of alkyl carbamates (subject to hydrolysis) is 1. The van der Waals surface area contributed by atoms with E-state index < -0.39 is 35.3 Å². The van der Waals surface area contributed by atoms with Gasteiger partial charge in [-0.3, -0.25) is 9.59 Å². The Bertz CT molecular complexity index is 1270. The number of halogens is 1. The number of Topliss-reactive ketones (excluding diaryl/α,β-unsaturated/α-hetero) is 1. The number of hydrogen-bond donors (Lipinski definition) is 2. The molecule has 3 aromatic rings. The van der Waals surface area contributed by atoms with E-state index in [1.165, 1.54) is 24.3 Å². The van der Waals surface area contributed by atoms with Gasteiger partial charge in [-0.25, -0.2) is 9.18 Å². The van der Waals surface area contributed by atoms with Crippen LogP contribution in [0.15, 0.2) is 59.0 Å². The Morgan fingerprint density at radius 1 is 1.00 bits per heavy atom. The molecule has 1 aromatic heterocycles. The summed E-state index contributed by atoms with van der Waals surface area (Å²) in [6.07, 6.45) is 0.311. The van der Waals surface area contributed by atoms with Crippen LogP contribution in [0.5, 0.6) is 0 Å². The molecule has 1 heterocycles. The fourth-order valence-corrected chi connectivity index (χ4v) is 3.96. The summed E-state index contributed by atoms with van der Waals surface area (Å²) in [5.74, 6) is -1.44. The summed E-state index contributed by atoms with van der Waals surface area (Å²) in [6.45, 7) is 9.41. The topological polar surface area (TPSA) is 123 Å². The lowest BCUT2D eigenvalue weighted by Gasteiger charge is -2.30. The van der Waals surface area contributed by atoms with Gasteiger partial charge in [0, 0.05) is 5.56 Å². The molecule has 0 saturated carbocycles. The van der Waals surface area contributed by atoms with E-state index in [1.54, 1.807) is 6.92 Å². The van der Waals surface area contributed by atoms with Crippen LogP contribution in [-0.2, 0) is 20.7 Å². The third-order valence-electron chi connectivity index (χ3n) is 6.46. The second-order valence-corrected chi connectivity index (χ2v) is 10.8. The number of amides is 2. The monoisotopic (exact) mass is 552 g/mol. The lowest BCUT2D eigenvalue weighted by atomic mass is 9.87. The zero-order chi connectivity index (χ0) is 29.3. The number of benzene rings is 2. The van der Waals surface area contributed by atoms with Crippen molar-refractivity contribution in [1.82, 2.24) is 20.8 Å². The predicted molar refractivity (Wildman–Crippen MR) is 148 cm³/mol. The summed E-state index contributed by atoms with van der Waals surface area (Å²) < 4.78 is 24.7. The van der Waals surface area contributed by atoms with Crippen LogP contribution in [-0.4, -0.2) is 40.1 Å². The number of ketones is 1. The number of ether oxygens (including phenoxy) is 1. The first-order chi connectivity index (χ1) is 19.0. The minimum absolute atomic E-state index is 0.119. The van der Waals surface area contributed by atoms with Gasteiger partial charge < -0.3 is 19.8 Å². The number of carbonyl (C=O) groups is 3. The molecule has 0 spiro atoms. The first kappa shape index (κ1) is 30.5. The summed E-state index contributed by atoms with van der Waals surface area (Å²) in [5.41, 5.74) is 0.897. The van der Waals surface area contributed by atoms with E-state index in [2.05, 4.69) is 20.8 Å². The number of unbranched alkanes of at least 4 members (excludes halogenated alkanes) is 1.